The maximum absolute atomic E-state index is 13.5. The van der Waals surface area contributed by atoms with Crippen molar-refractivity contribution in [2.75, 3.05) is 32.3 Å². The van der Waals surface area contributed by atoms with Crippen molar-refractivity contribution in [1.82, 2.24) is 0 Å². The second-order valence-corrected chi connectivity index (χ2v) is 36.0. The van der Waals surface area contributed by atoms with Crippen LogP contribution in [-0.4, -0.2) is 44.9 Å². The van der Waals surface area contributed by atoms with E-state index < -0.39 is 64.7 Å². The minimum atomic E-state index is -0.877. The Labute approximate surface area is 853 Å². The van der Waals surface area contributed by atoms with Gasteiger partial charge in [0, 0.05) is 64.1 Å². The third-order valence-corrected chi connectivity index (χ3v) is 25.2. The Hall–Kier alpha value is -16.0. The normalized spacial score (nSPS) is 11.5. The molecular weight excluding hydrogens is 1910 g/mol. The number of halogens is 7. The van der Waals surface area contributed by atoms with E-state index in [9.17, 15) is 74.4 Å². The lowest BCUT2D eigenvalue weighted by Crippen LogP contribution is -2.15. The van der Waals surface area contributed by atoms with E-state index in [1.165, 1.54) is 18.2 Å². The number of phenols is 3. The third kappa shape index (κ3) is 26.9. The van der Waals surface area contributed by atoms with Crippen LogP contribution in [0.1, 0.15) is 193 Å². The van der Waals surface area contributed by atoms with Crippen molar-refractivity contribution in [3.8, 4) is 47.6 Å². The summed E-state index contributed by atoms with van der Waals surface area (Å²) >= 11 is 36.6. The zero-order chi connectivity index (χ0) is 103. The maximum atomic E-state index is 13.5. The zero-order valence-electron chi connectivity index (χ0n) is 78.4. The van der Waals surface area contributed by atoms with Crippen LogP contribution in [0.15, 0.2) is 296 Å². The topological polar surface area (TPSA) is 351 Å². The van der Waals surface area contributed by atoms with E-state index in [0.717, 1.165) is 102 Å². The van der Waals surface area contributed by atoms with Gasteiger partial charge in [0.15, 0.2) is 11.6 Å². The molecule has 5 unspecified atom stereocenters. The highest BCUT2D eigenvalue weighted by molar-refractivity contribution is 7.80. The van der Waals surface area contributed by atoms with Gasteiger partial charge in [0.2, 0.25) is 0 Å². The number of hydrogen-bond acceptors (Lipinski definition) is 15. The van der Waals surface area contributed by atoms with Gasteiger partial charge in [0.25, 0.3) is 29.5 Å². The van der Waals surface area contributed by atoms with Crippen molar-refractivity contribution < 1.29 is 48.1 Å². The minimum absolute atomic E-state index is 0.0933. The molecule has 15 rings (SSSR count). The van der Waals surface area contributed by atoms with E-state index in [2.05, 4.69) is 69.6 Å². The molecule has 0 saturated carbocycles. The molecule has 15 aromatic rings. The van der Waals surface area contributed by atoms with Gasteiger partial charge >= 0.3 is 0 Å². The summed E-state index contributed by atoms with van der Waals surface area (Å²) in [5, 5.41) is 93.6. The molecule has 27 heteroatoms. The summed E-state index contributed by atoms with van der Waals surface area (Å²) in [6.07, 6.45) is 0. The first-order valence-electron chi connectivity index (χ1n) is 44.1. The highest BCUT2D eigenvalue weighted by Gasteiger charge is 2.28. The molecule has 0 spiro atoms. The number of nitriles is 5. The van der Waals surface area contributed by atoms with Crippen molar-refractivity contribution >= 4 is 134 Å². The number of amides is 5. The first-order chi connectivity index (χ1) is 67.8. The van der Waals surface area contributed by atoms with E-state index in [1.807, 2.05) is 201 Å². The first-order valence-corrected chi connectivity index (χ1v) is 46.4. The molecule has 0 heterocycles. The van der Waals surface area contributed by atoms with Gasteiger partial charge < -0.3 is 47.6 Å². The Kier molecular flexibility index (Phi) is 36.7. The molecule has 0 radical (unpaired) electrons. The van der Waals surface area contributed by atoms with Gasteiger partial charge in [-0.1, -0.05) is 280 Å². The number of carbonyl (C=O) groups is 5. The SMILES string of the molecule is Cc1ccc(C(C#N)c2cc(C)c(NC(=O)c3cc(F)ccc3O)cc2Cl)cc1.Cc1ccc(C(C#N)c2cc(C)c(NC(=O)c3cccc(F)c3O)cc2Cl)cc1.Cc1ccc(C(C#N)c2cc(C)c(NC(=O)c3ccccc3N)cc2Cl)cc1.Cc1ccc(C(C#N)c2cc(C)c(NC(=O)c3ccccc3O)cc2Cl)cc1.Cc1ccc(C(C#N)c2cc(C)c(NC(=O)c3ccccc3S)cc2Cl)cc1. The van der Waals surface area contributed by atoms with Gasteiger partial charge in [-0.25, -0.2) is 8.78 Å². The standard InChI is InChI=1S/2C23H18ClFN2O2.C23H20ClN3O.C23H19ClN2O2.C23H19ClN2OS/c1-13-3-5-15(6-4-13)19(12-26)17-9-14(2)21(11-20(17)24)27-23(29)18-10-16(25)7-8-22(18)28;1-13-6-8-15(9-7-13)18(12-26)17-10-14(2)21(11-19(17)24)27-23(29)16-4-3-5-20(25)22(16)28;1-14-7-9-16(10-8-14)19(13-25)18-11-15(2)22(12-20(18)24)27-23(28)17-5-3-4-6-21(17)26;1-14-7-9-16(10-8-14)19(13-25)18-11-15(2)21(12-20(18)24)26-23(28)17-5-3-4-6-22(17)27;1-14-7-9-16(10-8-14)19(13-25)18-11-15(2)21(12-20(18)24)26-23(27)17-5-3-4-6-22(17)28/h3-11,19,28H,1-2H3,(H,27,29);3-11,18,28H,1-2H3,(H,27,29);3-12,19H,26H2,1-2H3,(H,27,28);3-12,19,27H,1-2H3,(H,26,28);3-12,19,28H,1-2H3,(H,26,27). The second-order valence-electron chi connectivity index (χ2n) is 33.5. The Morgan fingerprint density at radius 2 is 0.542 bits per heavy atom. The summed E-state index contributed by atoms with van der Waals surface area (Å²) in [5.74, 6) is -7.54. The van der Waals surface area contributed by atoms with Crippen LogP contribution in [0.2, 0.25) is 25.1 Å². The molecule has 15 aromatic carbocycles. The number of nitrogens with two attached hydrogens (primary N) is 1. The number of para-hydroxylation sites is 3. The summed E-state index contributed by atoms with van der Waals surface area (Å²) in [6.45, 7) is 19.1. The Morgan fingerprint density at radius 1 is 0.296 bits per heavy atom. The Balaban J connectivity index is 0.000000169. The largest absolute Gasteiger partial charge is 0.507 e. The van der Waals surface area contributed by atoms with Crippen molar-refractivity contribution in [1.29, 1.82) is 26.3 Å². The number of aromatic hydroxyl groups is 3. The molecular formula is C115H94Cl5F2N11O8S. The summed E-state index contributed by atoms with van der Waals surface area (Å²) in [6, 6.07) is 94.5. The fraction of sp³-hybridized carbons (Fsp3) is 0.130. The fourth-order valence-electron chi connectivity index (χ4n) is 15.1. The number of rotatable bonds is 20. The van der Waals surface area contributed by atoms with Gasteiger partial charge in [-0.05, 0) is 250 Å². The van der Waals surface area contributed by atoms with Crippen LogP contribution < -0.4 is 32.3 Å². The van der Waals surface area contributed by atoms with Gasteiger partial charge in [-0.15, -0.1) is 12.6 Å². The summed E-state index contributed by atoms with van der Waals surface area (Å²) in [7, 11) is 0. The van der Waals surface area contributed by atoms with Crippen molar-refractivity contribution in [3.63, 3.8) is 0 Å². The number of aryl methyl sites for hydroxylation is 10. The molecule has 10 N–H and O–H groups in total. The maximum Gasteiger partial charge on any atom is 0.259 e. The lowest BCUT2D eigenvalue weighted by atomic mass is 9.90. The summed E-state index contributed by atoms with van der Waals surface area (Å²) in [4.78, 5) is 63.1. The number of hydrogen-bond donors (Lipinski definition) is 10. The Bertz CT molecular complexity index is 6960. The fourth-order valence-corrected chi connectivity index (χ4v) is 16.7. The zero-order valence-corrected chi connectivity index (χ0v) is 83.1. The molecule has 0 saturated heterocycles. The smallest absolute Gasteiger partial charge is 0.259 e. The molecule has 0 aromatic heterocycles. The summed E-state index contributed by atoms with van der Waals surface area (Å²) in [5.41, 5.74) is 26.5. The van der Waals surface area contributed by atoms with E-state index in [1.54, 1.807) is 117 Å². The predicted octanol–water partition coefficient (Wildman–Crippen LogP) is 28.6. The van der Waals surface area contributed by atoms with Crippen LogP contribution in [0, 0.1) is 138 Å². The van der Waals surface area contributed by atoms with Crippen molar-refractivity contribution in [2.24, 2.45) is 0 Å². The van der Waals surface area contributed by atoms with E-state index in [-0.39, 0.29) is 40.0 Å². The Morgan fingerprint density at radius 3 is 0.838 bits per heavy atom. The number of nitrogen functional groups attached to an aromatic ring is 1. The molecule has 0 aliphatic heterocycles. The molecule has 5 amide bonds. The highest BCUT2D eigenvalue weighted by atomic mass is 35.5. The number of carbonyl (C=O) groups excluding carboxylic acids is 5. The molecule has 5 atom stereocenters. The summed E-state index contributed by atoms with van der Waals surface area (Å²) < 4.78 is 26.9. The lowest BCUT2D eigenvalue weighted by Gasteiger charge is -2.16. The minimum Gasteiger partial charge on any atom is -0.507 e. The predicted molar refractivity (Wildman–Crippen MR) is 563 cm³/mol. The van der Waals surface area contributed by atoms with Crippen LogP contribution >= 0.6 is 70.6 Å². The van der Waals surface area contributed by atoms with Crippen LogP contribution in [0.3, 0.4) is 0 Å². The molecule has 0 aliphatic carbocycles. The number of anilines is 6. The van der Waals surface area contributed by atoms with Crippen molar-refractivity contribution in [3.05, 3.63) is 467 Å². The van der Waals surface area contributed by atoms with Gasteiger partial charge in [0.1, 0.15) is 17.3 Å². The molecule has 712 valence electrons. The van der Waals surface area contributed by atoms with Crippen LogP contribution in [0.5, 0.6) is 17.2 Å². The second kappa shape index (κ2) is 49.0. The monoisotopic (exact) mass is 2000 g/mol. The molecule has 0 bridgehead atoms. The van der Waals surface area contributed by atoms with E-state index in [0.29, 0.717) is 109 Å². The first kappa shape index (κ1) is 106. The van der Waals surface area contributed by atoms with Crippen LogP contribution in [-0.2, 0) is 0 Å². The number of nitrogens with zero attached hydrogens (tertiary/aromatic N) is 5. The lowest BCUT2D eigenvalue weighted by molar-refractivity contribution is 0.101. The van der Waals surface area contributed by atoms with Crippen LogP contribution in [0.25, 0.3) is 0 Å². The van der Waals surface area contributed by atoms with Crippen molar-refractivity contribution in [2.45, 2.75) is 104 Å². The number of nitrogens with one attached hydrogen (secondary N) is 5. The molecule has 0 aliphatic rings. The van der Waals surface area contributed by atoms with Gasteiger partial charge in [-0.3, -0.25) is 24.0 Å². The van der Waals surface area contributed by atoms with Gasteiger partial charge in [-0.2, -0.15) is 26.3 Å². The van der Waals surface area contributed by atoms with Gasteiger partial charge in [0.05, 0.1) is 87.8 Å². The van der Waals surface area contributed by atoms with Crippen LogP contribution in [0.4, 0.5) is 42.9 Å². The number of phenolic OH excluding ortho intramolecular Hbond substituents is 3. The molecule has 142 heavy (non-hydrogen) atoms. The highest BCUT2D eigenvalue weighted by Crippen LogP contribution is 2.42. The van der Waals surface area contributed by atoms with E-state index >= 15 is 0 Å². The molecule has 0 fully saturated rings. The quantitative estimate of drug-likeness (QED) is 0.0251. The number of benzene rings is 15. The average molecular weight is 2010 g/mol. The molecule has 19 nitrogen and oxygen atoms in total. The number of thiol groups is 1. The third-order valence-electron chi connectivity index (χ3n) is 23.2. The van der Waals surface area contributed by atoms with E-state index in [4.69, 9.17) is 63.7 Å². The average Bonchev–Trinajstić information content (AvgIpc) is 0.811.